The lowest BCUT2D eigenvalue weighted by molar-refractivity contribution is 0.411. The molecule has 0 aliphatic heterocycles. The molecule has 1 N–H and O–H groups in total. The first-order valence-corrected chi connectivity index (χ1v) is 7.24. The molecule has 1 aromatic heterocycles. The average molecular weight is 289 g/mol. The van der Waals surface area contributed by atoms with Gasteiger partial charge in [-0.15, -0.1) is 10.2 Å². The largest absolute Gasteiger partial charge is 0.496 e. The SMILES string of the molecule is CCCNC(Cc1nnn(C)n1)c1ccc(OC)c(C)c1. The molecule has 1 unspecified atom stereocenters. The maximum atomic E-state index is 5.32. The Hall–Kier alpha value is -1.95. The Morgan fingerprint density at radius 1 is 1.38 bits per heavy atom. The van der Waals surface area contributed by atoms with E-state index in [0.717, 1.165) is 36.5 Å². The maximum absolute atomic E-state index is 5.32. The molecule has 1 atom stereocenters. The van der Waals surface area contributed by atoms with Crippen molar-refractivity contribution in [1.29, 1.82) is 0 Å². The summed E-state index contributed by atoms with van der Waals surface area (Å²) < 4.78 is 5.32. The second-order valence-corrected chi connectivity index (χ2v) is 5.14. The van der Waals surface area contributed by atoms with Crippen molar-refractivity contribution in [3.05, 3.63) is 35.2 Å². The zero-order valence-corrected chi connectivity index (χ0v) is 13.1. The molecule has 1 heterocycles. The summed E-state index contributed by atoms with van der Waals surface area (Å²) in [6.45, 7) is 5.17. The number of methoxy groups -OCH3 is 1. The molecule has 6 heteroatoms. The molecule has 0 saturated heterocycles. The number of ether oxygens (including phenoxy) is 1. The molecular formula is C15H23N5O. The smallest absolute Gasteiger partial charge is 0.176 e. The molecule has 2 rings (SSSR count). The van der Waals surface area contributed by atoms with Crippen LogP contribution in [0.1, 0.15) is 36.3 Å². The number of nitrogens with zero attached hydrogens (tertiary/aromatic N) is 4. The minimum absolute atomic E-state index is 0.179. The van der Waals surface area contributed by atoms with Crippen molar-refractivity contribution in [2.45, 2.75) is 32.7 Å². The van der Waals surface area contributed by atoms with Gasteiger partial charge < -0.3 is 10.1 Å². The van der Waals surface area contributed by atoms with Gasteiger partial charge in [-0.25, -0.2) is 0 Å². The van der Waals surface area contributed by atoms with Crippen LogP contribution in [0, 0.1) is 6.92 Å². The molecule has 0 radical (unpaired) electrons. The van der Waals surface area contributed by atoms with Gasteiger partial charge in [0.25, 0.3) is 0 Å². The Kier molecular flexibility index (Phi) is 5.27. The third kappa shape index (κ3) is 4.01. The van der Waals surface area contributed by atoms with Crippen LogP contribution in [0.3, 0.4) is 0 Å². The van der Waals surface area contributed by atoms with Crippen LogP contribution in [-0.4, -0.2) is 33.9 Å². The van der Waals surface area contributed by atoms with Gasteiger partial charge in [-0.3, -0.25) is 0 Å². The summed E-state index contributed by atoms with van der Waals surface area (Å²) in [7, 11) is 3.47. The molecule has 0 aliphatic rings. The fourth-order valence-electron chi connectivity index (χ4n) is 2.33. The van der Waals surface area contributed by atoms with E-state index in [4.69, 9.17) is 4.74 Å². The number of hydrogen-bond donors (Lipinski definition) is 1. The molecule has 0 spiro atoms. The van der Waals surface area contributed by atoms with E-state index in [2.05, 4.69) is 46.7 Å². The van der Waals surface area contributed by atoms with E-state index in [9.17, 15) is 0 Å². The summed E-state index contributed by atoms with van der Waals surface area (Å²) in [4.78, 5) is 1.49. The summed E-state index contributed by atoms with van der Waals surface area (Å²) in [5.41, 5.74) is 2.35. The van der Waals surface area contributed by atoms with Gasteiger partial charge in [-0.1, -0.05) is 19.1 Å². The maximum Gasteiger partial charge on any atom is 0.176 e. The third-order valence-corrected chi connectivity index (χ3v) is 3.40. The van der Waals surface area contributed by atoms with Gasteiger partial charge in [-0.2, -0.15) is 4.80 Å². The van der Waals surface area contributed by atoms with Crippen molar-refractivity contribution in [3.8, 4) is 5.75 Å². The molecule has 0 fully saturated rings. The Balaban J connectivity index is 2.20. The topological polar surface area (TPSA) is 64.9 Å². The van der Waals surface area contributed by atoms with Crippen molar-refractivity contribution >= 4 is 0 Å². The van der Waals surface area contributed by atoms with Gasteiger partial charge in [0.15, 0.2) is 5.82 Å². The molecule has 0 amide bonds. The monoisotopic (exact) mass is 289 g/mol. The quantitative estimate of drug-likeness (QED) is 0.842. The number of rotatable bonds is 7. The standard InChI is InChI=1S/C15H23N5O/c1-5-8-16-13(10-15-17-19-20(3)18-15)12-6-7-14(21-4)11(2)9-12/h6-7,9,13,16H,5,8,10H2,1-4H3. The summed E-state index contributed by atoms with van der Waals surface area (Å²) in [6.07, 6.45) is 1.80. The molecule has 114 valence electrons. The predicted octanol–water partition coefficient (Wildman–Crippen LogP) is 1.81. The van der Waals surface area contributed by atoms with Crippen molar-refractivity contribution in [2.75, 3.05) is 13.7 Å². The van der Waals surface area contributed by atoms with Crippen molar-refractivity contribution in [2.24, 2.45) is 7.05 Å². The lowest BCUT2D eigenvalue weighted by Gasteiger charge is -2.18. The number of aryl methyl sites for hydroxylation is 2. The normalized spacial score (nSPS) is 12.4. The number of hydrogen-bond acceptors (Lipinski definition) is 5. The van der Waals surface area contributed by atoms with E-state index < -0.39 is 0 Å². The molecule has 0 bridgehead atoms. The summed E-state index contributed by atoms with van der Waals surface area (Å²) in [5.74, 6) is 1.66. The minimum Gasteiger partial charge on any atom is -0.496 e. The first-order chi connectivity index (χ1) is 10.1. The van der Waals surface area contributed by atoms with E-state index >= 15 is 0 Å². The summed E-state index contributed by atoms with van der Waals surface area (Å²) in [5, 5.41) is 15.8. The Bertz CT molecular complexity index is 581. The van der Waals surface area contributed by atoms with Crippen LogP contribution >= 0.6 is 0 Å². The molecule has 6 nitrogen and oxygen atoms in total. The van der Waals surface area contributed by atoms with Crippen LogP contribution < -0.4 is 10.1 Å². The second-order valence-electron chi connectivity index (χ2n) is 5.14. The zero-order chi connectivity index (χ0) is 15.2. The van der Waals surface area contributed by atoms with Gasteiger partial charge >= 0.3 is 0 Å². The highest BCUT2D eigenvalue weighted by Gasteiger charge is 2.15. The number of nitrogens with one attached hydrogen (secondary N) is 1. The molecule has 0 saturated carbocycles. The highest BCUT2D eigenvalue weighted by atomic mass is 16.5. The first kappa shape index (κ1) is 15.4. The first-order valence-electron chi connectivity index (χ1n) is 7.24. The fraction of sp³-hybridized carbons (Fsp3) is 0.533. The van der Waals surface area contributed by atoms with Crippen LogP contribution in [0.5, 0.6) is 5.75 Å². The highest BCUT2D eigenvalue weighted by molar-refractivity contribution is 5.37. The van der Waals surface area contributed by atoms with E-state index in [1.54, 1.807) is 14.2 Å². The van der Waals surface area contributed by atoms with E-state index in [1.165, 1.54) is 10.4 Å². The highest BCUT2D eigenvalue weighted by Crippen LogP contribution is 2.24. The average Bonchev–Trinajstić information content (AvgIpc) is 2.88. The van der Waals surface area contributed by atoms with Gasteiger partial charge in [0, 0.05) is 12.5 Å². The van der Waals surface area contributed by atoms with Crippen LogP contribution in [0.15, 0.2) is 18.2 Å². The Labute approximate surface area is 125 Å². The lowest BCUT2D eigenvalue weighted by Crippen LogP contribution is -2.24. The molecule has 0 aliphatic carbocycles. The zero-order valence-electron chi connectivity index (χ0n) is 13.1. The van der Waals surface area contributed by atoms with Crippen molar-refractivity contribution in [3.63, 3.8) is 0 Å². The Morgan fingerprint density at radius 3 is 2.76 bits per heavy atom. The van der Waals surface area contributed by atoms with Crippen LogP contribution in [0.4, 0.5) is 0 Å². The van der Waals surface area contributed by atoms with Gasteiger partial charge in [-0.05, 0) is 42.3 Å². The molecule has 21 heavy (non-hydrogen) atoms. The van der Waals surface area contributed by atoms with Gasteiger partial charge in [0.05, 0.1) is 14.2 Å². The van der Waals surface area contributed by atoms with Crippen LogP contribution in [0.25, 0.3) is 0 Å². The van der Waals surface area contributed by atoms with Crippen molar-refractivity contribution in [1.82, 2.24) is 25.5 Å². The van der Waals surface area contributed by atoms with E-state index in [-0.39, 0.29) is 6.04 Å². The fourth-order valence-corrected chi connectivity index (χ4v) is 2.33. The van der Waals surface area contributed by atoms with Gasteiger partial charge in [0.1, 0.15) is 5.75 Å². The number of aromatic nitrogens is 4. The van der Waals surface area contributed by atoms with Crippen molar-refractivity contribution < 1.29 is 4.74 Å². The summed E-state index contributed by atoms with van der Waals surface area (Å²) in [6, 6.07) is 6.44. The number of tetrazole rings is 1. The van der Waals surface area contributed by atoms with E-state index in [0.29, 0.717) is 0 Å². The minimum atomic E-state index is 0.179. The number of benzene rings is 1. The third-order valence-electron chi connectivity index (χ3n) is 3.40. The lowest BCUT2D eigenvalue weighted by atomic mass is 10.0. The van der Waals surface area contributed by atoms with Crippen LogP contribution in [-0.2, 0) is 13.5 Å². The second kappa shape index (κ2) is 7.17. The van der Waals surface area contributed by atoms with Gasteiger partial charge in [0.2, 0.25) is 0 Å². The Morgan fingerprint density at radius 2 is 2.19 bits per heavy atom. The molecular weight excluding hydrogens is 266 g/mol. The molecule has 2 aromatic rings. The predicted molar refractivity (Wildman–Crippen MR) is 81.3 cm³/mol. The van der Waals surface area contributed by atoms with Crippen LogP contribution in [0.2, 0.25) is 0 Å². The summed E-state index contributed by atoms with van der Waals surface area (Å²) >= 11 is 0. The van der Waals surface area contributed by atoms with E-state index in [1.807, 2.05) is 6.07 Å². The molecule has 1 aromatic carbocycles.